The lowest BCUT2D eigenvalue weighted by atomic mass is 9.83. The molecule has 0 aliphatic carbocycles. The van der Waals surface area contributed by atoms with Crippen LogP contribution >= 0.6 is 0 Å². The van der Waals surface area contributed by atoms with E-state index in [-0.39, 0.29) is 23.8 Å². The fourth-order valence-electron chi connectivity index (χ4n) is 4.59. The van der Waals surface area contributed by atoms with E-state index in [4.69, 9.17) is 29.4 Å². The van der Waals surface area contributed by atoms with Crippen LogP contribution in [0, 0.1) is 11.3 Å². The van der Waals surface area contributed by atoms with Gasteiger partial charge in [0.25, 0.3) is 0 Å². The summed E-state index contributed by atoms with van der Waals surface area (Å²) in [5.74, 6) is 1.43. The van der Waals surface area contributed by atoms with Crippen molar-refractivity contribution in [1.29, 1.82) is 5.26 Å². The highest BCUT2D eigenvalue weighted by molar-refractivity contribution is 5.74. The smallest absolute Gasteiger partial charge is 0.349 e. The average Bonchev–Trinajstić information content (AvgIpc) is 2.98. The minimum absolute atomic E-state index is 0.00909. The second kappa shape index (κ2) is 14.1. The molecule has 0 saturated heterocycles. The molecule has 214 valence electrons. The van der Waals surface area contributed by atoms with E-state index in [1.807, 2.05) is 49.4 Å². The number of esters is 1. The monoisotopic (exact) mass is 556 g/mol. The zero-order chi connectivity index (χ0) is 29.2. The van der Waals surface area contributed by atoms with Gasteiger partial charge in [-0.2, -0.15) is 5.26 Å². The molecule has 3 aromatic rings. The zero-order valence-electron chi connectivity index (χ0n) is 23.8. The molecule has 0 saturated carbocycles. The third-order valence-electron chi connectivity index (χ3n) is 6.72. The number of carbonyl (C=O) groups excluding carboxylic acids is 1. The quantitative estimate of drug-likeness (QED) is 0.146. The van der Waals surface area contributed by atoms with Gasteiger partial charge in [-0.25, -0.2) is 4.79 Å². The molecule has 4 rings (SSSR count). The van der Waals surface area contributed by atoms with Crippen molar-refractivity contribution in [1.82, 2.24) is 0 Å². The maximum Gasteiger partial charge on any atom is 0.349 e. The lowest BCUT2D eigenvalue weighted by molar-refractivity contribution is -0.136. The molecule has 8 nitrogen and oxygen atoms in total. The summed E-state index contributed by atoms with van der Waals surface area (Å²) in [7, 11) is 0. The van der Waals surface area contributed by atoms with Crippen molar-refractivity contribution in [2.24, 2.45) is 5.73 Å². The van der Waals surface area contributed by atoms with Crippen LogP contribution in [0.15, 0.2) is 72.1 Å². The molecule has 1 heterocycles. The number of rotatable bonds is 13. The highest BCUT2D eigenvalue weighted by Crippen LogP contribution is 2.45. The molecule has 1 atom stereocenters. The number of carbonyl (C=O) groups is 1. The molecule has 0 spiro atoms. The molecule has 8 heteroatoms. The molecular weight excluding hydrogens is 520 g/mol. The van der Waals surface area contributed by atoms with Crippen LogP contribution in [0.5, 0.6) is 28.7 Å². The van der Waals surface area contributed by atoms with Crippen LogP contribution in [-0.2, 0) is 11.2 Å². The van der Waals surface area contributed by atoms with E-state index in [0.717, 1.165) is 31.2 Å². The van der Waals surface area contributed by atoms with Crippen LogP contribution < -0.4 is 29.4 Å². The molecule has 0 aromatic heterocycles. The Balaban J connectivity index is 1.53. The van der Waals surface area contributed by atoms with Gasteiger partial charge in [0.1, 0.15) is 28.9 Å². The van der Waals surface area contributed by atoms with Crippen LogP contribution in [0.25, 0.3) is 0 Å². The summed E-state index contributed by atoms with van der Waals surface area (Å²) in [5, 5.41) is 9.96. The number of nitrogens with zero attached hydrogens (tertiary/aromatic N) is 1. The van der Waals surface area contributed by atoms with E-state index in [0.29, 0.717) is 41.8 Å². The lowest BCUT2D eigenvalue weighted by Gasteiger charge is -2.27. The number of aryl methyl sites for hydroxylation is 1. The number of ether oxygens (including phenoxy) is 5. The first-order chi connectivity index (χ1) is 20.0. The van der Waals surface area contributed by atoms with Crippen molar-refractivity contribution in [2.45, 2.75) is 52.4 Å². The number of hydrogen-bond acceptors (Lipinski definition) is 8. The van der Waals surface area contributed by atoms with E-state index in [1.54, 1.807) is 18.2 Å². The van der Waals surface area contributed by atoms with E-state index in [2.05, 4.69) is 19.9 Å². The molecular formula is C33H36N2O6. The van der Waals surface area contributed by atoms with Crippen LogP contribution in [0.4, 0.5) is 0 Å². The second-order valence-corrected chi connectivity index (χ2v) is 9.58. The average molecular weight is 557 g/mol. The first-order valence-corrected chi connectivity index (χ1v) is 14.0. The number of benzene rings is 3. The number of fused-ring (bicyclic) bond motifs is 1. The number of nitrogens with two attached hydrogens (primary N) is 1. The molecule has 2 N–H and O–H groups in total. The van der Waals surface area contributed by atoms with Crippen LogP contribution in [0.2, 0.25) is 0 Å². The number of hydrogen-bond donors (Lipinski definition) is 1. The molecule has 1 aliphatic rings. The summed E-state index contributed by atoms with van der Waals surface area (Å²) >= 11 is 0. The lowest BCUT2D eigenvalue weighted by Crippen LogP contribution is -2.22. The van der Waals surface area contributed by atoms with Gasteiger partial charge in [0.05, 0.1) is 19.1 Å². The fraction of sp³-hybridized carbons (Fsp3) is 0.333. The minimum Gasteiger partial charge on any atom is -0.490 e. The van der Waals surface area contributed by atoms with Crippen LogP contribution in [0.1, 0.15) is 62.6 Å². The normalized spacial score (nSPS) is 14.0. The Labute approximate surface area is 241 Å². The van der Waals surface area contributed by atoms with Gasteiger partial charge in [-0.1, -0.05) is 51.0 Å². The first kappa shape index (κ1) is 29.3. The Kier molecular flexibility index (Phi) is 10.1. The number of unbranched alkanes of at least 4 members (excludes halogenated alkanes) is 2. The number of allylic oxidation sites excluding steroid dienone is 1. The highest BCUT2D eigenvalue weighted by atomic mass is 16.6. The Bertz CT molecular complexity index is 1420. The van der Waals surface area contributed by atoms with E-state index < -0.39 is 11.9 Å². The van der Waals surface area contributed by atoms with Gasteiger partial charge in [-0.05, 0) is 61.2 Å². The van der Waals surface area contributed by atoms with Crippen molar-refractivity contribution in [3.8, 4) is 34.8 Å². The Hall–Kier alpha value is -4.64. The highest BCUT2D eigenvalue weighted by Gasteiger charge is 2.32. The van der Waals surface area contributed by atoms with Crippen molar-refractivity contribution >= 4 is 5.97 Å². The first-order valence-electron chi connectivity index (χ1n) is 14.0. The molecule has 0 radical (unpaired) electrons. The van der Waals surface area contributed by atoms with Gasteiger partial charge in [-0.3, -0.25) is 0 Å². The predicted octanol–water partition coefficient (Wildman–Crippen LogP) is 6.42. The van der Waals surface area contributed by atoms with Gasteiger partial charge in [-0.15, -0.1) is 0 Å². The van der Waals surface area contributed by atoms with E-state index >= 15 is 0 Å². The predicted molar refractivity (Wildman–Crippen MR) is 155 cm³/mol. The molecule has 3 aromatic carbocycles. The Morgan fingerprint density at radius 1 is 0.927 bits per heavy atom. The maximum atomic E-state index is 12.5. The maximum absolute atomic E-state index is 12.5. The summed E-state index contributed by atoms with van der Waals surface area (Å²) in [4.78, 5) is 12.5. The number of nitriles is 1. The van der Waals surface area contributed by atoms with Crippen molar-refractivity contribution in [2.75, 3.05) is 19.8 Å². The molecule has 41 heavy (non-hydrogen) atoms. The molecule has 0 amide bonds. The van der Waals surface area contributed by atoms with E-state index in [9.17, 15) is 10.1 Å². The third kappa shape index (κ3) is 7.31. The van der Waals surface area contributed by atoms with Gasteiger partial charge in [0, 0.05) is 11.6 Å². The largest absolute Gasteiger partial charge is 0.490 e. The summed E-state index contributed by atoms with van der Waals surface area (Å²) in [6, 6.07) is 20.4. The second-order valence-electron chi connectivity index (χ2n) is 9.58. The Morgan fingerprint density at radius 2 is 1.71 bits per heavy atom. The Morgan fingerprint density at radius 3 is 2.41 bits per heavy atom. The van der Waals surface area contributed by atoms with Crippen molar-refractivity contribution in [3.05, 3.63) is 88.8 Å². The summed E-state index contributed by atoms with van der Waals surface area (Å²) < 4.78 is 28.7. The summed E-state index contributed by atoms with van der Waals surface area (Å²) in [5.41, 5.74) is 9.16. The minimum atomic E-state index is -0.561. The molecule has 1 unspecified atom stereocenters. The van der Waals surface area contributed by atoms with Gasteiger partial charge in [0.15, 0.2) is 18.1 Å². The SMILES string of the molecule is CCCCCOc1ccc(C2C(C#N)=C(N)Oc3cc(OC(=O)COc4ccc(CC)cc4)ccc32)cc1OCC. The topological polar surface area (TPSA) is 113 Å². The standard InChI is InChI=1S/C33H36N2O6/c1-4-7-8-17-38-28-16-11-23(18-30(28)37-6-3)32-26-15-14-25(19-29(26)41-33(35)27(32)20-34)40-31(36)21-39-24-12-9-22(5-2)10-13-24/h9-16,18-19,32H,4-8,17,21,35H2,1-3H3. The van der Waals surface area contributed by atoms with E-state index in [1.165, 1.54) is 5.56 Å². The van der Waals surface area contributed by atoms with Crippen LogP contribution in [0.3, 0.4) is 0 Å². The van der Waals surface area contributed by atoms with Gasteiger partial charge < -0.3 is 29.4 Å². The van der Waals surface area contributed by atoms with Crippen LogP contribution in [-0.4, -0.2) is 25.8 Å². The van der Waals surface area contributed by atoms with Crippen molar-refractivity contribution in [3.63, 3.8) is 0 Å². The fourth-order valence-corrected chi connectivity index (χ4v) is 4.59. The van der Waals surface area contributed by atoms with Gasteiger partial charge in [0.2, 0.25) is 5.88 Å². The zero-order valence-corrected chi connectivity index (χ0v) is 23.8. The third-order valence-corrected chi connectivity index (χ3v) is 6.72. The molecule has 1 aliphatic heterocycles. The summed E-state index contributed by atoms with van der Waals surface area (Å²) in [6.45, 7) is 6.94. The summed E-state index contributed by atoms with van der Waals surface area (Å²) in [6.07, 6.45) is 4.08. The van der Waals surface area contributed by atoms with Crippen molar-refractivity contribution < 1.29 is 28.5 Å². The molecule has 0 bridgehead atoms. The molecule has 0 fully saturated rings. The van der Waals surface area contributed by atoms with Gasteiger partial charge >= 0.3 is 5.97 Å².